The number of phosphoric ester groups is 1. The van der Waals surface area contributed by atoms with Gasteiger partial charge in [0.1, 0.15) is 0 Å². The third-order valence-electron chi connectivity index (χ3n) is 3.29. The number of hydrogen-bond donors (Lipinski definition) is 1. The zero-order valence-electron chi connectivity index (χ0n) is 15.4. The van der Waals surface area contributed by atoms with Crippen molar-refractivity contribution in [3.63, 3.8) is 0 Å². The van der Waals surface area contributed by atoms with Gasteiger partial charge >= 0.3 is 19.8 Å². The first-order valence-corrected chi connectivity index (χ1v) is 10.3. The summed E-state index contributed by atoms with van der Waals surface area (Å²) in [6.45, 7) is 0.743. The Bertz CT molecular complexity index is 515. The van der Waals surface area contributed by atoms with Gasteiger partial charge in [-0.2, -0.15) is 0 Å². The quantitative estimate of drug-likeness (QED) is 0.138. The molecule has 0 saturated carbocycles. The molecule has 0 amide bonds. The lowest BCUT2D eigenvalue weighted by molar-refractivity contribution is -0.137. The summed E-state index contributed by atoms with van der Waals surface area (Å²) in [5, 5.41) is 0. The van der Waals surface area contributed by atoms with Crippen molar-refractivity contribution in [3.05, 3.63) is 0 Å². The second-order valence-corrected chi connectivity index (χ2v) is 6.98. The van der Waals surface area contributed by atoms with Crippen LogP contribution in [0.1, 0.15) is 51.4 Å². The van der Waals surface area contributed by atoms with Crippen molar-refractivity contribution in [1.82, 2.24) is 0 Å². The van der Waals surface area contributed by atoms with Crippen LogP contribution in [0, 0.1) is 24.7 Å². The summed E-state index contributed by atoms with van der Waals surface area (Å²) in [6, 6.07) is 0. The van der Waals surface area contributed by atoms with Gasteiger partial charge in [-0.25, -0.2) is 14.2 Å². The molecule has 0 spiro atoms. The maximum Gasteiger partial charge on any atom is 0.472 e. The highest BCUT2D eigenvalue weighted by Gasteiger charge is 2.19. The summed E-state index contributed by atoms with van der Waals surface area (Å²) in [7, 11) is -4.03. The standard InChI is InChI=1S/C18H27O8P/c1-3-17(19)23-13-9-5-7-11-15-25-27(21,22)26-16-12-8-6-10-14-24-18(20)4-2/h1-2H,5-16H2,(H,21,22). The van der Waals surface area contributed by atoms with Crippen molar-refractivity contribution in [3.8, 4) is 24.7 Å². The molecule has 9 heteroatoms. The Kier molecular flexibility index (Phi) is 15.2. The molecule has 0 aromatic carbocycles. The fourth-order valence-corrected chi connectivity index (χ4v) is 2.72. The lowest BCUT2D eigenvalue weighted by Gasteiger charge is -2.12. The number of carbonyl (C=O) groups excluding carboxylic acids is 2. The zero-order chi connectivity index (χ0) is 20.4. The van der Waals surface area contributed by atoms with E-state index in [1.165, 1.54) is 0 Å². The lowest BCUT2D eigenvalue weighted by Crippen LogP contribution is -2.03. The predicted octanol–water partition coefficient (Wildman–Crippen LogP) is 2.59. The van der Waals surface area contributed by atoms with Crippen LogP contribution >= 0.6 is 7.82 Å². The smallest absolute Gasteiger partial charge is 0.456 e. The molecule has 1 N–H and O–H groups in total. The van der Waals surface area contributed by atoms with Gasteiger partial charge in [0.15, 0.2) is 0 Å². The topological polar surface area (TPSA) is 108 Å². The van der Waals surface area contributed by atoms with E-state index in [4.69, 9.17) is 31.4 Å². The highest BCUT2D eigenvalue weighted by molar-refractivity contribution is 7.47. The van der Waals surface area contributed by atoms with Crippen LogP contribution in [-0.2, 0) is 32.7 Å². The minimum Gasteiger partial charge on any atom is -0.456 e. The van der Waals surface area contributed by atoms with E-state index in [-0.39, 0.29) is 26.4 Å². The van der Waals surface area contributed by atoms with Gasteiger partial charge in [-0.1, -0.05) is 12.8 Å². The first-order chi connectivity index (χ1) is 12.9. The third-order valence-corrected chi connectivity index (χ3v) is 4.31. The van der Waals surface area contributed by atoms with Crippen LogP contribution < -0.4 is 0 Å². The minimum atomic E-state index is -4.03. The summed E-state index contributed by atoms with van der Waals surface area (Å²) in [6.07, 6.45) is 15.3. The fourth-order valence-electron chi connectivity index (χ4n) is 1.93. The number of esters is 2. The average Bonchev–Trinajstić information content (AvgIpc) is 2.65. The van der Waals surface area contributed by atoms with Crippen LogP contribution in [-0.4, -0.2) is 43.3 Å². The van der Waals surface area contributed by atoms with E-state index in [9.17, 15) is 19.0 Å². The van der Waals surface area contributed by atoms with Crippen molar-refractivity contribution in [2.45, 2.75) is 51.4 Å². The highest BCUT2D eigenvalue weighted by atomic mass is 31.2. The number of terminal acetylenes is 2. The number of phosphoric acid groups is 1. The first kappa shape index (κ1) is 25.2. The summed E-state index contributed by atoms with van der Waals surface area (Å²) >= 11 is 0. The molecule has 27 heavy (non-hydrogen) atoms. The third kappa shape index (κ3) is 17.3. The van der Waals surface area contributed by atoms with Crippen LogP contribution in [0.3, 0.4) is 0 Å². The molecular weight excluding hydrogens is 375 g/mol. The van der Waals surface area contributed by atoms with Crippen LogP contribution in [0.2, 0.25) is 0 Å². The van der Waals surface area contributed by atoms with Gasteiger partial charge in [-0.15, -0.1) is 12.8 Å². The van der Waals surface area contributed by atoms with Crippen molar-refractivity contribution in [1.29, 1.82) is 0 Å². The summed E-state index contributed by atoms with van der Waals surface area (Å²) in [5.74, 6) is 2.35. The van der Waals surface area contributed by atoms with E-state index in [1.54, 1.807) is 0 Å². The van der Waals surface area contributed by atoms with Gasteiger partial charge in [0.05, 0.1) is 26.4 Å². The number of carbonyl (C=O) groups is 2. The van der Waals surface area contributed by atoms with Gasteiger partial charge < -0.3 is 14.4 Å². The SMILES string of the molecule is C#CC(=O)OCCCCCCOP(=O)(O)OCCCCCCOC(=O)C#C. The van der Waals surface area contributed by atoms with Crippen LogP contribution in [0.25, 0.3) is 0 Å². The molecule has 0 fully saturated rings. The van der Waals surface area contributed by atoms with Crippen molar-refractivity contribution >= 4 is 19.8 Å². The van der Waals surface area contributed by atoms with Gasteiger partial charge in [-0.05, 0) is 38.5 Å². The highest BCUT2D eigenvalue weighted by Crippen LogP contribution is 2.43. The Balaban J connectivity index is 3.47. The van der Waals surface area contributed by atoms with Gasteiger partial charge in [0.2, 0.25) is 0 Å². The monoisotopic (exact) mass is 402 g/mol. The first-order valence-electron chi connectivity index (χ1n) is 8.80. The van der Waals surface area contributed by atoms with Gasteiger partial charge in [-0.3, -0.25) is 9.05 Å². The second kappa shape index (κ2) is 16.4. The number of unbranched alkanes of at least 4 members (excludes halogenated alkanes) is 6. The van der Waals surface area contributed by atoms with E-state index in [1.807, 2.05) is 11.8 Å². The zero-order valence-corrected chi connectivity index (χ0v) is 16.3. The van der Waals surface area contributed by atoms with E-state index >= 15 is 0 Å². The molecule has 0 radical (unpaired) electrons. The van der Waals surface area contributed by atoms with Crippen molar-refractivity contribution < 1.29 is 37.6 Å². The molecule has 0 rings (SSSR count). The fraction of sp³-hybridized carbons (Fsp3) is 0.667. The Hall–Kier alpha value is -1.83. The molecule has 0 bridgehead atoms. The summed E-state index contributed by atoms with van der Waals surface area (Å²) in [5.41, 5.74) is 0. The van der Waals surface area contributed by atoms with E-state index in [0.717, 1.165) is 25.7 Å². The van der Waals surface area contributed by atoms with Crippen molar-refractivity contribution in [2.24, 2.45) is 0 Å². The summed E-state index contributed by atoms with van der Waals surface area (Å²) in [4.78, 5) is 30.9. The number of rotatable bonds is 16. The molecule has 0 saturated heterocycles. The van der Waals surface area contributed by atoms with Crippen LogP contribution in [0.4, 0.5) is 0 Å². The molecule has 0 aliphatic carbocycles. The molecule has 0 aliphatic heterocycles. The van der Waals surface area contributed by atoms with Gasteiger partial charge in [0, 0.05) is 11.8 Å². The molecule has 0 aliphatic rings. The number of ether oxygens (including phenoxy) is 2. The van der Waals surface area contributed by atoms with E-state index in [0.29, 0.717) is 25.7 Å². The Morgan fingerprint density at radius 1 is 0.704 bits per heavy atom. The summed E-state index contributed by atoms with van der Waals surface area (Å²) < 4.78 is 30.8. The van der Waals surface area contributed by atoms with Crippen molar-refractivity contribution in [2.75, 3.05) is 26.4 Å². The maximum absolute atomic E-state index is 11.7. The Morgan fingerprint density at radius 3 is 1.37 bits per heavy atom. The average molecular weight is 402 g/mol. The molecule has 0 aromatic rings. The molecule has 0 aromatic heterocycles. The number of hydrogen-bond acceptors (Lipinski definition) is 7. The van der Waals surface area contributed by atoms with E-state index in [2.05, 4.69) is 0 Å². The molecule has 152 valence electrons. The largest absolute Gasteiger partial charge is 0.472 e. The van der Waals surface area contributed by atoms with E-state index < -0.39 is 19.8 Å². The second-order valence-electron chi connectivity index (χ2n) is 5.52. The molecule has 0 heterocycles. The Morgan fingerprint density at radius 2 is 1.04 bits per heavy atom. The van der Waals surface area contributed by atoms with Gasteiger partial charge in [0.25, 0.3) is 0 Å². The predicted molar refractivity (Wildman–Crippen MR) is 98.2 cm³/mol. The molecule has 8 nitrogen and oxygen atoms in total. The minimum absolute atomic E-state index is 0.110. The van der Waals surface area contributed by atoms with Crippen LogP contribution in [0.5, 0.6) is 0 Å². The van der Waals surface area contributed by atoms with Crippen LogP contribution in [0.15, 0.2) is 0 Å². The molecule has 0 atom stereocenters. The normalized spacial score (nSPS) is 10.6. The Labute approximate surface area is 160 Å². The lowest BCUT2D eigenvalue weighted by atomic mass is 10.2. The molecular formula is C18H27O8P. The molecule has 0 unspecified atom stereocenters. The maximum atomic E-state index is 11.7.